The number of hydrogen-bond donors (Lipinski definition) is 1. The van der Waals surface area contributed by atoms with E-state index < -0.39 is 6.10 Å². The third-order valence-electron chi connectivity index (χ3n) is 5.61. The molecule has 0 saturated heterocycles. The Hall–Kier alpha value is -0.630. The van der Waals surface area contributed by atoms with Gasteiger partial charge in [0.2, 0.25) is 0 Å². The zero-order chi connectivity index (χ0) is 13.8. The minimum absolute atomic E-state index is 0.00120. The highest BCUT2D eigenvalue weighted by Crippen LogP contribution is 2.67. The lowest BCUT2D eigenvalue weighted by atomic mass is 9.74. The first-order chi connectivity index (χ1) is 8.19. The lowest BCUT2D eigenvalue weighted by molar-refractivity contribution is -0.134. The van der Waals surface area contributed by atoms with Crippen LogP contribution in [0.25, 0.3) is 0 Å². The summed E-state index contributed by atoms with van der Waals surface area (Å²) >= 11 is 0. The number of aliphatic hydroxyl groups is 1. The van der Waals surface area contributed by atoms with Crippen LogP contribution in [0.3, 0.4) is 0 Å². The smallest absolute Gasteiger partial charge is 0.141 e. The number of hydrogen-bond acceptors (Lipinski definition) is 2. The van der Waals surface area contributed by atoms with Crippen LogP contribution in [0.1, 0.15) is 41.0 Å². The molecule has 1 N–H and O–H groups in total. The van der Waals surface area contributed by atoms with E-state index in [1.54, 1.807) is 0 Å². The van der Waals surface area contributed by atoms with Crippen LogP contribution in [-0.2, 0) is 4.79 Å². The minimum Gasteiger partial charge on any atom is -0.392 e. The molecule has 0 aromatic heterocycles. The summed E-state index contributed by atoms with van der Waals surface area (Å²) in [5.41, 5.74) is 1.18. The molecule has 2 saturated carbocycles. The second-order valence-corrected chi connectivity index (χ2v) is 7.14. The molecule has 0 radical (unpaired) electrons. The van der Waals surface area contributed by atoms with E-state index in [2.05, 4.69) is 20.4 Å². The van der Waals surface area contributed by atoms with E-state index in [0.29, 0.717) is 11.8 Å². The standard InChI is InChI=1S/C16H26O2/c1-8(2)10(4)15(18)12-13-11(16(13,5)6)7-9(3)14(12)17/h9-13,15,18H,1,7H2,2-6H3/t9-,10-,11-,12+,13?,15-/m1/s1. The summed E-state index contributed by atoms with van der Waals surface area (Å²) in [6.45, 7) is 14.3. The molecule has 6 atom stereocenters. The van der Waals surface area contributed by atoms with Crippen molar-refractivity contribution in [1.82, 2.24) is 0 Å². The molecule has 102 valence electrons. The molecule has 2 aliphatic rings. The zero-order valence-electron chi connectivity index (χ0n) is 12.2. The Labute approximate surface area is 110 Å². The predicted octanol–water partition coefficient (Wildman–Crippen LogP) is 3.06. The fraction of sp³-hybridized carbons (Fsp3) is 0.812. The van der Waals surface area contributed by atoms with Crippen molar-refractivity contribution >= 4 is 5.78 Å². The van der Waals surface area contributed by atoms with Crippen LogP contribution in [0.5, 0.6) is 0 Å². The Morgan fingerprint density at radius 1 is 1.50 bits per heavy atom. The van der Waals surface area contributed by atoms with Crippen molar-refractivity contribution in [2.24, 2.45) is 35.0 Å². The molecule has 2 rings (SSSR count). The highest BCUT2D eigenvalue weighted by Gasteiger charge is 2.66. The summed E-state index contributed by atoms with van der Waals surface area (Å²) in [5.74, 6) is 1.18. The second kappa shape index (κ2) is 4.19. The monoisotopic (exact) mass is 250 g/mol. The van der Waals surface area contributed by atoms with Gasteiger partial charge in [0.15, 0.2) is 0 Å². The van der Waals surface area contributed by atoms with Crippen LogP contribution < -0.4 is 0 Å². The average molecular weight is 250 g/mol. The zero-order valence-corrected chi connectivity index (χ0v) is 12.2. The quantitative estimate of drug-likeness (QED) is 0.782. The van der Waals surface area contributed by atoms with Crippen LogP contribution in [0.15, 0.2) is 12.2 Å². The van der Waals surface area contributed by atoms with Gasteiger partial charge in [-0.3, -0.25) is 4.79 Å². The van der Waals surface area contributed by atoms with Gasteiger partial charge in [0.25, 0.3) is 0 Å². The van der Waals surface area contributed by atoms with Gasteiger partial charge in [-0.2, -0.15) is 0 Å². The highest BCUT2D eigenvalue weighted by molar-refractivity contribution is 5.86. The van der Waals surface area contributed by atoms with E-state index in [9.17, 15) is 9.90 Å². The van der Waals surface area contributed by atoms with E-state index in [1.807, 2.05) is 20.8 Å². The largest absolute Gasteiger partial charge is 0.392 e. The molecule has 0 spiro atoms. The van der Waals surface area contributed by atoms with E-state index >= 15 is 0 Å². The Morgan fingerprint density at radius 2 is 2.06 bits per heavy atom. The lowest BCUT2D eigenvalue weighted by Gasteiger charge is -2.32. The normalized spacial score (nSPS) is 40.9. The number of aliphatic hydroxyl groups excluding tert-OH is 1. The SMILES string of the molecule is C=C(C)[C@@H](C)[C@@H](O)[C@@H]1C(=O)[C@H](C)C[C@@H]2C1C2(C)C. The maximum atomic E-state index is 12.4. The number of rotatable bonds is 3. The molecule has 2 aliphatic carbocycles. The molecule has 0 aromatic carbocycles. The summed E-state index contributed by atoms with van der Waals surface area (Å²) in [5, 5.41) is 10.5. The molecule has 0 aliphatic heterocycles. The van der Waals surface area contributed by atoms with E-state index in [1.165, 1.54) is 0 Å². The molecule has 2 heteroatoms. The van der Waals surface area contributed by atoms with Gasteiger partial charge in [-0.15, -0.1) is 0 Å². The Bertz CT molecular complexity index is 383. The lowest BCUT2D eigenvalue weighted by Crippen LogP contribution is -2.41. The number of ketones is 1. The van der Waals surface area contributed by atoms with Crippen molar-refractivity contribution in [2.75, 3.05) is 0 Å². The fourth-order valence-electron chi connectivity index (χ4n) is 3.94. The first kappa shape index (κ1) is 13.8. The van der Waals surface area contributed by atoms with Crippen molar-refractivity contribution in [3.8, 4) is 0 Å². The topological polar surface area (TPSA) is 37.3 Å². The van der Waals surface area contributed by atoms with Crippen LogP contribution in [0, 0.1) is 35.0 Å². The van der Waals surface area contributed by atoms with E-state index in [4.69, 9.17) is 0 Å². The van der Waals surface area contributed by atoms with Gasteiger partial charge in [0, 0.05) is 17.8 Å². The van der Waals surface area contributed by atoms with Gasteiger partial charge in [0.05, 0.1) is 6.10 Å². The van der Waals surface area contributed by atoms with Crippen LogP contribution in [-0.4, -0.2) is 17.0 Å². The molecule has 0 amide bonds. The van der Waals surface area contributed by atoms with E-state index in [0.717, 1.165) is 12.0 Å². The number of carbonyl (C=O) groups is 1. The molecule has 2 nitrogen and oxygen atoms in total. The molecule has 1 unspecified atom stereocenters. The van der Waals surface area contributed by atoms with Gasteiger partial charge in [-0.1, -0.05) is 39.8 Å². The molecule has 0 aromatic rings. The second-order valence-electron chi connectivity index (χ2n) is 7.14. The van der Waals surface area contributed by atoms with Crippen molar-refractivity contribution in [3.63, 3.8) is 0 Å². The molecule has 0 heterocycles. The predicted molar refractivity (Wildman–Crippen MR) is 73.0 cm³/mol. The first-order valence-corrected chi connectivity index (χ1v) is 7.06. The first-order valence-electron chi connectivity index (χ1n) is 7.06. The molecular formula is C16H26O2. The van der Waals surface area contributed by atoms with Crippen molar-refractivity contribution < 1.29 is 9.90 Å². The van der Waals surface area contributed by atoms with Gasteiger partial charge in [-0.05, 0) is 30.6 Å². The number of carbonyl (C=O) groups excluding carboxylic acids is 1. The van der Waals surface area contributed by atoms with Crippen LogP contribution in [0.2, 0.25) is 0 Å². The van der Waals surface area contributed by atoms with Gasteiger partial charge in [-0.25, -0.2) is 0 Å². The van der Waals surface area contributed by atoms with Crippen LogP contribution >= 0.6 is 0 Å². The summed E-state index contributed by atoms with van der Waals surface area (Å²) in [4.78, 5) is 12.4. The summed E-state index contributed by atoms with van der Waals surface area (Å²) in [6, 6.07) is 0. The third kappa shape index (κ3) is 1.85. The minimum atomic E-state index is -0.563. The Morgan fingerprint density at radius 3 is 2.56 bits per heavy atom. The number of fused-ring (bicyclic) bond motifs is 1. The fourth-order valence-corrected chi connectivity index (χ4v) is 3.94. The Balaban J connectivity index is 2.24. The van der Waals surface area contributed by atoms with E-state index in [-0.39, 0.29) is 29.0 Å². The van der Waals surface area contributed by atoms with Gasteiger partial charge in [0.1, 0.15) is 5.78 Å². The van der Waals surface area contributed by atoms with Crippen LogP contribution in [0.4, 0.5) is 0 Å². The van der Waals surface area contributed by atoms with Gasteiger partial charge >= 0.3 is 0 Å². The summed E-state index contributed by atoms with van der Waals surface area (Å²) in [6.07, 6.45) is 0.438. The average Bonchev–Trinajstić information content (AvgIpc) is 2.80. The third-order valence-corrected chi connectivity index (χ3v) is 5.61. The highest BCUT2D eigenvalue weighted by atomic mass is 16.3. The number of Topliss-reactive ketones (excluding diaryl/α,β-unsaturated/α-hetero) is 1. The van der Waals surface area contributed by atoms with Crippen molar-refractivity contribution in [1.29, 1.82) is 0 Å². The molecule has 2 fully saturated rings. The maximum absolute atomic E-state index is 12.4. The Kier molecular flexibility index (Phi) is 3.21. The maximum Gasteiger partial charge on any atom is 0.141 e. The van der Waals surface area contributed by atoms with Crippen molar-refractivity contribution in [2.45, 2.75) is 47.1 Å². The van der Waals surface area contributed by atoms with Gasteiger partial charge < -0.3 is 5.11 Å². The molecule has 18 heavy (non-hydrogen) atoms. The van der Waals surface area contributed by atoms with Crippen molar-refractivity contribution in [3.05, 3.63) is 12.2 Å². The molecule has 0 bridgehead atoms. The molecular weight excluding hydrogens is 224 g/mol. The summed E-state index contributed by atoms with van der Waals surface area (Å²) < 4.78 is 0. The summed E-state index contributed by atoms with van der Waals surface area (Å²) in [7, 11) is 0.